The predicted molar refractivity (Wildman–Crippen MR) is 97.4 cm³/mol. The normalized spacial score (nSPS) is 16.1. The Kier molecular flexibility index (Phi) is 5.50. The lowest BCUT2D eigenvalue weighted by atomic mass is 9.97. The molecule has 0 unspecified atom stereocenters. The molecule has 1 amide bonds. The molecule has 2 heterocycles. The number of nitrogens with one attached hydrogen (secondary N) is 1. The predicted octanol–water partition coefficient (Wildman–Crippen LogP) is 2.19. The Morgan fingerprint density at radius 2 is 1.96 bits per heavy atom. The molecule has 1 aromatic carbocycles. The monoisotopic (exact) mass is 342 g/mol. The topological polar surface area (TPSA) is 70.4 Å². The molecule has 1 saturated heterocycles. The number of hydrogen-bond acceptors (Lipinski definition) is 4. The van der Waals surface area contributed by atoms with Crippen molar-refractivity contribution in [3.63, 3.8) is 0 Å². The van der Waals surface area contributed by atoms with Gasteiger partial charge >= 0.3 is 0 Å². The Hall–Kier alpha value is -2.18. The summed E-state index contributed by atoms with van der Waals surface area (Å²) in [6, 6.07) is 9.62. The maximum Gasteiger partial charge on any atom is 0.256 e. The first-order valence-corrected chi connectivity index (χ1v) is 8.79. The van der Waals surface area contributed by atoms with Crippen molar-refractivity contribution in [2.75, 3.05) is 25.0 Å². The van der Waals surface area contributed by atoms with Crippen LogP contribution in [-0.2, 0) is 13.6 Å². The van der Waals surface area contributed by atoms with Gasteiger partial charge in [-0.1, -0.05) is 12.1 Å². The Morgan fingerprint density at radius 3 is 2.52 bits per heavy atom. The first-order chi connectivity index (χ1) is 12.0. The lowest BCUT2D eigenvalue weighted by Crippen LogP contribution is -2.34. The summed E-state index contributed by atoms with van der Waals surface area (Å²) in [6.45, 7) is 5.13. The minimum Gasteiger partial charge on any atom is -0.396 e. The first kappa shape index (κ1) is 17.6. The molecule has 2 aromatic rings. The fraction of sp³-hybridized carbons (Fsp3) is 0.474. The van der Waals surface area contributed by atoms with Crippen molar-refractivity contribution in [3.8, 4) is 0 Å². The molecule has 0 aliphatic carbocycles. The second-order valence-electron chi connectivity index (χ2n) is 6.85. The maximum absolute atomic E-state index is 12.4. The van der Waals surface area contributed by atoms with Gasteiger partial charge in [-0.2, -0.15) is 5.10 Å². The van der Waals surface area contributed by atoms with E-state index in [1.807, 2.05) is 44.3 Å². The number of piperidine rings is 1. The van der Waals surface area contributed by atoms with Crippen molar-refractivity contribution in [1.82, 2.24) is 14.7 Å². The molecule has 0 spiro atoms. The minimum absolute atomic E-state index is 0.127. The molecule has 1 fully saturated rings. The quantitative estimate of drug-likeness (QED) is 0.874. The van der Waals surface area contributed by atoms with Gasteiger partial charge in [-0.25, -0.2) is 0 Å². The second kappa shape index (κ2) is 7.80. The highest BCUT2D eigenvalue weighted by atomic mass is 16.3. The fourth-order valence-corrected chi connectivity index (χ4v) is 3.26. The average Bonchev–Trinajstić information content (AvgIpc) is 2.93. The molecule has 0 atom stereocenters. The van der Waals surface area contributed by atoms with E-state index in [-0.39, 0.29) is 5.91 Å². The lowest BCUT2D eigenvalue weighted by molar-refractivity contribution is 0.102. The molecule has 6 nitrogen and oxygen atoms in total. The van der Waals surface area contributed by atoms with Crippen LogP contribution in [0.15, 0.2) is 30.3 Å². The van der Waals surface area contributed by atoms with Crippen LogP contribution in [0.4, 0.5) is 5.82 Å². The van der Waals surface area contributed by atoms with Crippen molar-refractivity contribution in [1.29, 1.82) is 0 Å². The number of aromatic nitrogens is 2. The molecule has 25 heavy (non-hydrogen) atoms. The highest BCUT2D eigenvalue weighted by molar-refractivity contribution is 6.03. The summed E-state index contributed by atoms with van der Waals surface area (Å²) in [5, 5.41) is 16.3. The number of aliphatic hydroxyl groups is 1. The molecule has 2 N–H and O–H groups in total. The highest BCUT2D eigenvalue weighted by Gasteiger charge is 2.18. The van der Waals surface area contributed by atoms with E-state index in [0.29, 0.717) is 23.9 Å². The molecular weight excluding hydrogens is 316 g/mol. The van der Waals surface area contributed by atoms with Gasteiger partial charge in [0.1, 0.15) is 5.82 Å². The molecule has 6 heteroatoms. The SMILES string of the molecule is Cc1cc(NC(=O)c2ccc(CN3CCC(CO)CC3)cc2)n(C)n1. The first-order valence-electron chi connectivity index (χ1n) is 8.79. The maximum atomic E-state index is 12.4. The van der Waals surface area contributed by atoms with E-state index in [0.717, 1.165) is 38.2 Å². The largest absolute Gasteiger partial charge is 0.396 e. The summed E-state index contributed by atoms with van der Waals surface area (Å²) in [4.78, 5) is 14.8. The van der Waals surface area contributed by atoms with Crippen molar-refractivity contribution in [2.45, 2.75) is 26.3 Å². The van der Waals surface area contributed by atoms with E-state index in [1.54, 1.807) is 4.68 Å². The van der Waals surface area contributed by atoms with Crippen LogP contribution in [0.2, 0.25) is 0 Å². The van der Waals surface area contributed by atoms with Gasteiger partial charge in [0.2, 0.25) is 0 Å². The number of carbonyl (C=O) groups excluding carboxylic acids is 1. The van der Waals surface area contributed by atoms with E-state index >= 15 is 0 Å². The van der Waals surface area contributed by atoms with Crippen molar-refractivity contribution in [3.05, 3.63) is 47.2 Å². The zero-order valence-electron chi connectivity index (χ0n) is 14.9. The number of aryl methyl sites for hydroxylation is 2. The van der Waals surface area contributed by atoms with Gasteiger partial charge < -0.3 is 10.4 Å². The zero-order chi connectivity index (χ0) is 17.8. The van der Waals surface area contributed by atoms with Gasteiger partial charge in [-0.05, 0) is 56.5 Å². The van der Waals surface area contributed by atoms with E-state index in [1.165, 1.54) is 5.56 Å². The fourth-order valence-electron chi connectivity index (χ4n) is 3.26. The molecule has 0 bridgehead atoms. The van der Waals surface area contributed by atoms with Crippen molar-refractivity contribution in [2.24, 2.45) is 13.0 Å². The summed E-state index contributed by atoms with van der Waals surface area (Å²) in [6.07, 6.45) is 2.11. The van der Waals surface area contributed by atoms with Gasteiger partial charge in [0.25, 0.3) is 5.91 Å². The number of aliphatic hydroxyl groups excluding tert-OH is 1. The molecule has 0 radical (unpaired) electrons. The van der Waals surface area contributed by atoms with Crippen LogP contribution in [0, 0.1) is 12.8 Å². The van der Waals surface area contributed by atoms with Crippen LogP contribution in [-0.4, -0.2) is 45.4 Å². The minimum atomic E-state index is -0.127. The Morgan fingerprint density at radius 1 is 1.28 bits per heavy atom. The second-order valence-corrected chi connectivity index (χ2v) is 6.85. The van der Waals surface area contributed by atoms with Crippen LogP contribution >= 0.6 is 0 Å². The number of hydrogen-bond donors (Lipinski definition) is 2. The van der Waals surface area contributed by atoms with Gasteiger partial charge in [-0.3, -0.25) is 14.4 Å². The standard InChI is InChI=1S/C19H26N4O2/c1-14-11-18(22(2)21-14)20-19(25)17-5-3-15(4-6-17)12-23-9-7-16(13-24)8-10-23/h3-6,11,16,24H,7-10,12-13H2,1-2H3,(H,20,25). The third-order valence-electron chi connectivity index (χ3n) is 4.83. The summed E-state index contributed by atoms with van der Waals surface area (Å²) in [5.41, 5.74) is 2.72. The Bertz CT molecular complexity index is 716. The van der Waals surface area contributed by atoms with Crippen molar-refractivity contribution < 1.29 is 9.90 Å². The number of likely N-dealkylation sites (tertiary alicyclic amines) is 1. The van der Waals surface area contributed by atoms with Gasteiger partial charge in [0.15, 0.2) is 0 Å². The number of rotatable bonds is 5. The molecule has 1 aromatic heterocycles. The van der Waals surface area contributed by atoms with Gasteiger partial charge in [0.05, 0.1) is 5.69 Å². The summed E-state index contributed by atoms with van der Waals surface area (Å²) >= 11 is 0. The third kappa shape index (κ3) is 4.46. The molecular formula is C19H26N4O2. The van der Waals surface area contributed by atoms with E-state index in [4.69, 9.17) is 0 Å². The third-order valence-corrected chi connectivity index (χ3v) is 4.83. The van der Waals surface area contributed by atoms with Gasteiger partial charge in [-0.15, -0.1) is 0 Å². The number of benzene rings is 1. The van der Waals surface area contributed by atoms with Crippen LogP contribution in [0.3, 0.4) is 0 Å². The van der Waals surface area contributed by atoms with Crippen LogP contribution < -0.4 is 5.32 Å². The number of anilines is 1. The van der Waals surface area contributed by atoms with E-state index in [2.05, 4.69) is 15.3 Å². The molecule has 134 valence electrons. The van der Waals surface area contributed by atoms with Gasteiger partial charge in [0, 0.05) is 31.8 Å². The smallest absolute Gasteiger partial charge is 0.256 e. The molecule has 0 saturated carbocycles. The summed E-state index contributed by atoms with van der Waals surface area (Å²) in [5.74, 6) is 1.02. The number of carbonyl (C=O) groups is 1. The molecule has 3 rings (SSSR count). The lowest BCUT2D eigenvalue weighted by Gasteiger charge is -2.31. The number of nitrogens with zero attached hydrogens (tertiary/aromatic N) is 3. The average molecular weight is 342 g/mol. The highest BCUT2D eigenvalue weighted by Crippen LogP contribution is 2.19. The molecule has 1 aliphatic heterocycles. The van der Waals surface area contributed by atoms with Crippen LogP contribution in [0.1, 0.15) is 34.5 Å². The summed E-state index contributed by atoms with van der Waals surface area (Å²) in [7, 11) is 1.81. The summed E-state index contributed by atoms with van der Waals surface area (Å²) < 4.78 is 1.66. The zero-order valence-corrected chi connectivity index (χ0v) is 14.9. The Balaban J connectivity index is 1.56. The van der Waals surface area contributed by atoms with Crippen molar-refractivity contribution >= 4 is 11.7 Å². The number of amides is 1. The molecule has 1 aliphatic rings. The van der Waals surface area contributed by atoms with Crippen LogP contribution in [0.5, 0.6) is 0 Å². The van der Waals surface area contributed by atoms with E-state index in [9.17, 15) is 9.90 Å². The van der Waals surface area contributed by atoms with E-state index < -0.39 is 0 Å². The Labute approximate surface area is 148 Å². The van der Waals surface area contributed by atoms with Crippen LogP contribution in [0.25, 0.3) is 0 Å².